The monoisotopic (exact) mass is 333 g/mol. The highest BCUT2D eigenvalue weighted by Gasteiger charge is 2.34. The summed E-state index contributed by atoms with van der Waals surface area (Å²) in [7, 11) is 0. The molecule has 0 bridgehead atoms. The van der Waals surface area contributed by atoms with Gasteiger partial charge in [-0.2, -0.15) is 10.1 Å². The predicted molar refractivity (Wildman–Crippen MR) is 91.6 cm³/mol. The van der Waals surface area contributed by atoms with E-state index in [-0.39, 0.29) is 5.91 Å². The number of rotatable bonds is 3. The second kappa shape index (κ2) is 6.16. The molecule has 1 unspecified atom stereocenters. The van der Waals surface area contributed by atoms with E-state index >= 15 is 0 Å². The normalized spacial score (nSPS) is 16.1. The average Bonchev–Trinajstić information content (AvgIpc) is 3.10. The zero-order chi connectivity index (χ0) is 17.2. The molecule has 4 heterocycles. The third-order valence-corrected chi connectivity index (χ3v) is 3.93. The number of hydrogen-bond donors (Lipinski definition) is 2. The van der Waals surface area contributed by atoms with E-state index in [4.69, 9.17) is 0 Å². The molecule has 0 saturated carbocycles. The molecule has 1 aliphatic heterocycles. The Morgan fingerprint density at radius 2 is 2.12 bits per heavy atom. The molecule has 0 spiro atoms. The maximum absolute atomic E-state index is 13.0. The van der Waals surface area contributed by atoms with Crippen molar-refractivity contribution in [3.63, 3.8) is 0 Å². The van der Waals surface area contributed by atoms with Crippen molar-refractivity contribution >= 4 is 17.5 Å². The molecule has 1 aliphatic rings. The van der Waals surface area contributed by atoms with Gasteiger partial charge in [0.25, 0.3) is 5.91 Å². The summed E-state index contributed by atoms with van der Waals surface area (Å²) in [6.45, 7) is 1.84. The van der Waals surface area contributed by atoms with Gasteiger partial charge in [-0.25, -0.2) is 4.68 Å². The van der Waals surface area contributed by atoms with Gasteiger partial charge in [-0.15, -0.1) is 0 Å². The van der Waals surface area contributed by atoms with E-state index in [1.54, 1.807) is 35.4 Å². The van der Waals surface area contributed by atoms with Crippen LogP contribution in [-0.4, -0.2) is 30.6 Å². The number of pyridine rings is 2. The lowest BCUT2D eigenvalue weighted by Crippen LogP contribution is -2.32. The van der Waals surface area contributed by atoms with Crippen molar-refractivity contribution in [2.24, 2.45) is 0 Å². The predicted octanol–water partition coefficient (Wildman–Crippen LogP) is 2.00. The molecule has 1 amide bonds. The van der Waals surface area contributed by atoms with Crippen molar-refractivity contribution < 1.29 is 4.79 Å². The summed E-state index contributed by atoms with van der Waals surface area (Å²) in [5, 5.41) is 10.3. The highest BCUT2D eigenvalue weighted by molar-refractivity contribution is 6.05. The number of carbonyl (C=O) groups excluding carboxylic acids is 1. The van der Waals surface area contributed by atoms with Gasteiger partial charge in [0.05, 0.1) is 23.2 Å². The summed E-state index contributed by atoms with van der Waals surface area (Å²) in [4.78, 5) is 25.6. The molecule has 3 aromatic heterocycles. The first-order valence-electron chi connectivity index (χ1n) is 7.73. The molecule has 0 fully saturated rings. The van der Waals surface area contributed by atoms with Gasteiger partial charge in [0.1, 0.15) is 12.4 Å². The standard InChI is InChI=1S/C17H15N7O/c1-11-14(16(25)23-12-5-4-7-18-9-12)15(13-6-2-3-8-19-13)24-17(22-11)20-10-21-24/h2-10,15H,1H3,(H,23,25)(H,20,21,22). The van der Waals surface area contributed by atoms with Gasteiger partial charge in [0, 0.05) is 18.1 Å². The first-order valence-corrected chi connectivity index (χ1v) is 7.73. The maximum atomic E-state index is 13.0. The number of carbonyl (C=O) groups is 1. The highest BCUT2D eigenvalue weighted by Crippen LogP contribution is 2.33. The molecule has 0 saturated heterocycles. The summed E-state index contributed by atoms with van der Waals surface area (Å²) in [5.74, 6) is 0.334. The molecule has 0 aromatic carbocycles. The van der Waals surface area contributed by atoms with Crippen molar-refractivity contribution in [3.05, 3.63) is 72.2 Å². The summed E-state index contributed by atoms with van der Waals surface area (Å²) in [5.41, 5.74) is 2.57. The minimum absolute atomic E-state index is 0.241. The summed E-state index contributed by atoms with van der Waals surface area (Å²) < 4.78 is 1.66. The molecular formula is C17H15N7O. The average molecular weight is 333 g/mol. The molecule has 3 aromatic rings. The lowest BCUT2D eigenvalue weighted by molar-refractivity contribution is -0.113. The molecule has 0 aliphatic carbocycles. The Morgan fingerprint density at radius 3 is 2.88 bits per heavy atom. The van der Waals surface area contributed by atoms with Crippen molar-refractivity contribution in [1.82, 2.24) is 24.7 Å². The van der Waals surface area contributed by atoms with Crippen LogP contribution in [0.5, 0.6) is 0 Å². The maximum Gasteiger partial charge on any atom is 0.255 e. The Hall–Kier alpha value is -3.55. The van der Waals surface area contributed by atoms with Crippen LogP contribution in [0.15, 0.2) is 66.5 Å². The molecule has 8 heteroatoms. The van der Waals surface area contributed by atoms with E-state index in [0.717, 1.165) is 0 Å². The van der Waals surface area contributed by atoms with Crippen molar-refractivity contribution in [3.8, 4) is 0 Å². The second-order valence-electron chi connectivity index (χ2n) is 5.54. The minimum atomic E-state index is -0.461. The number of hydrogen-bond acceptors (Lipinski definition) is 6. The SMILES string of the molecule is CC1=C(C(=O)Nc2cccnc2)C(c2ccccn2)n2ncnc2N1. The quantitative estimate of drug-likeness (QED) is 0.761. The van der Waals surface area contributed by atoms with E-state index in [1.807, 2.05) is 25.1 Å². The topological polar surface area (TPSA) is 97.6 Å². The lowest BCUT2D eigenvalue weighted by atomic mass is 9.98. The molecular weight excluding hydrogens is 318 g/mol. The summed E-state index contributed by atoms with van der Waals surface area (Å²) in [6, 6.07) is 8.67. The van der Waals surface area contributed by atoms with E-state index in [2.05, 4.69) is 30.7 Å². The number of aromatic nitrogens is 5. The zero-order valence-corrected chi connectivity index (χ0v) is 13.4. The zero-order valence-electron chi connectivity index (χ0n) is 13.4. The first-order chi connectivity index (χ1) is 12.2. The van der Waals surface area contributed by atoms with Crippen LogP contribution in [-0.2, 0) is 4.79 Å². The Balaban J connectivity index is 1.77. The molecule has 8 nitrogen and oxygen atoms in total. The Labute approximate surface area is 143 Å². The van der Waals surface area contributed by atoms with Crippen LogP contribution in [0.2, 0.25) is 0 Å². The van der Waals surface area contributed by atoms with Gasteiger partial charge in [0.2, 0.25) is 5.95 Å². The van der Waals surface area contributed by atoms with E-state index in [9.17, 15) is 4.79 Å². The van der Waals surface area contributed by atoms with Crippen LogP contribution in [0.4, 0.5) is 11.6 Å². The minimum Gasteiger partial charge on any atom is -0.328 e. The number of nitrogens with zero attached hydrogens (tertiary/aromatic N) is 5. The Kier molecular flexibility index (Phi) is 3.70. The van der Waals surface area contributed by atoms with Crippen LogP contribution in [0.25, 0.3) is 0 Å². The van der Waals surface area contributed by atoms with Crippen molar-refractivity contribution in [2.45, 2.75) is 13.0 Å². The number of fused-ring (bicyclic) bond motifs is 1. The smallest absolute Gasteiger partial charge is 0.255 e. The van der Waals surface area contributed by atoms with Crippen LogP contribution >= 0.6 is 0 Å². The van der Waals surface area contributed by atoms with Crippen LogP contribution in [0, 0.1) is 0 Å². The van der Waals surface area contributed by atoms with Gasteiger partial charge < -0.3 is 10.6 Å². The Morgan fingerprint density at radius 1 is 1.20 bits per heavy atom. The number of amides is 1. The summed E-state index contributed by atoms with van der Waals surface area (Å²) in [6.07, 6.45) is 6.40. The fourth-order valence-corrected chi connectivity index (χ4v) is 2.83. The highest BCUT2D eigenvalue weighted by atomic mass is 16.1. The van der Waals surface area contributed by atoms with Crippen LogP contribution in [0.1, 0.15) is 18.7 Å². The van der Waals surface area contributed by atoms with E-state index in [0.29, 0.717) is 28.6 Å². The molecule has 1 atom stereocenters. The number of allylic oxidation sites excluding steroid dienone is 1. The first kappa shape index (κ1) is 15.0. The van der Waals surface area contributed by atoms with Crippen molar-refractivity contribution in [2.75, 3.05) is 10.6 Å². The van der Waals surface area contributed by atoms with Gasteiger partial charge in [-0.1, -0.05) is 6.07 Å². The largest absolute Gasteiger partial charge is 0.328 e. The van der Waals surface area contributed by atoms with Crippen molar-refractivity contribution in [1.29, 1.82) is 0 Å². The molecule has 2 N–H and O–H groups in total. The number of anilines is 2. The van der Waals surface area contributed by atoms with Gasteiger partial charge in [-0.05, 0) is 31.2 Å². The van der Waals surface area contributed by atoms with Gasteiger partial charge >= 0.3 is 0 Å². The molecule has 124 valence electrons. The fourth-order valence-electron chi connectivity index (χ4n) is 2.83. The molecule has 0 radical (unpaired) electrons. The number of nitrogens with one attached hydrogen (secondary N) is 2. The summed E-state index contributed by atoms with van der Waals surface area (Å²) >= 11 is 0. The fraction of sp³-hybridized carbons (Fsp3) is 0.118. The Bertz CT molecular complexity index is 934. The van der Waals surface area contributed by atoms with Gasteiger partial charge in [0.15, 0.2) is 0 Å². The lowest BCUT2D eigenvalue weighted by Gasteiger charge is -2.28. The van der Waals surface area contributed by atoms with Crippen LogP contribution < -0.4 is 10.6 Å². The van der Waals surface area contributed by atoms with Crippen LogP contribution in [0.3, 0.4) is 0 Å². The third-order valence-electron chi connectivity index (χ3n) is 3.93. The molecule has 4 rings (SSSR count). The second-order valence-corrected chi connectivity index (χ2v) is 5.54. The van der Waals surface area contributed by atoms with E-state index < -0.39 is 6.04 Å². The van der Waals surface area contributed by atoms with Gasteiger partial charge in [-0.3, -0.25) is 14.8 Å². The molecule has 25 heavy (non-hydrogen) atoms. The third kappa shape index (κ3) is 2.74. The van der Waals surface area contributed by atoms with E-state index in [1.165, 1.54) is 6.33 Å².